The smallest absolute Gasteiger partial charge is 0.318 e. The van der Waals surface area contributed by atoms with Crippen molar-refractivity contribution in [3.63, 3.8) is 0 Å². The van der Waals surface area contributed by atoms with Gasteiger partial charge in [0, 0.05) is 10.0 Å². The summed E-state index contributed by atoms with van der Waals surface area (Å²) in [7, 11) is 1.32. The van der Waals surface area contributed by atoms with Crippen molar-refractivity contribution >= 4 is 27.9 Å². The molecule has 3 unspecified atom stereocenters. The van der Waals surface area contributed by atoms with Crippen molar-refractivity contribution in [3.05, 3.63) is 27.7 Å². The molecule has 7 heteroatoms. The molecule has 112 valence electrons. The Bertz CT molecular complexity index is 648. The minimum Gasteiger partial charge on any atom is -0.469 e. The third kappa shape index (κ3) is 2.07. The number of fused-ring (bicyclic) bond motifs is 4. The van der Waals surface area contributed by atoms with Gasteiger partial charge in [-0.25, -0.2) is 4.79 Å². The Morgan fingerprint density at radius 3 is 2.86 bits per heavy atom. The third-order valence-electron chi connectivity index (χ3n) is 3.95. The molecular formula is C14H15BrN2O4. The van der Waals surface area contributed by atoms with Crippen molar-refractivity contribution < 1.29 is 19.1 Å². The standard InChI is InChI=1S/C14H15BrN2O4/c1-6-4-7(15)5-8-10-9(12(18)20-3)14(2,21-11(6)8)17-13(19)16-10/h4-5,9-10H,1-3H3,(H2,16,17,19). The molecule has 0 spiro atoms. The minimum atomic E-state index is -1.13. The molecule has 0 radical (unpaired) electrons. The first-order valence-corrected chi connectivity index (χ1v) is 7.30. The second-order valence-corrected chi connectivity index (χ2v) is 6.34. The molecule has 1 saturated heterocycles. The van der Waals surface area contributed by atoms with E-state index < -0.39 is 23.7 Å². The van der Waals surface area contributed by atoms with E-state index in [4.69, 9.17) is 9.47 Å². The van der Waals surface area contributed by atoms with Gasteiger partial charge in [-0.3, -0.25) is 10.1 Å². The molecule has 0 aliphatic carbocycles. The van der Waals surface area contributed by atoms with Gasteiger partial charge in [0.1, 0.15) is 11.7 Å². The van der Waals surface area contributed by atoms with Crippen LogP contribution in [0.1, 0.15) is 24.1 Å². The minimum absolute atomic E-state index is 0.370. The molecule has 2 heterocycles. The van der Waals surface area contributed by atoms with Crippen LogP contribution in [0.2, 0.25) is 0 Å². The summed E-state index contributed by atoms with van der Waals surface area (Å²) in [5, 5.41) is 5.48. The summed E-state index contributed by atoms with van der Waals surface area (Å²) >= 11 is 3.43. The van der Waals surface area contributed by atoms with E-state index in [1.807, 2.05) is 19.1 Å². The van der Waals surface area contributed by atoms with Crippen LogP contribution in [0.5, 0.6) is 5.75 Å². The quantitative estimate of drug-likeness (QED) is 0.756. The fourth-order valence-corrected chi connectivity index (χ4v) is 3.64. The number of hydrogen-bond acceptors (Lipinski definition) is 4. The Kier molecular flexibility index (Phi) is 3.12. The second kappa shape index (κ2) is 4.62. The van der Waals surface area contributed by atoms with Crippen LogP contribution in [0, 0.1) is 12.8 Å². The van der Waals surface area contributed by atoms with Gasteiger partial charge in [-0.05, 0) is 31.5 Å². The lowest BCUT2D eigenvalue weighted by molar-refractivity contribution is -0.160. The molecule has 1 fully saturated rings. The molecule has 2 aliphatic heterocycles. The van der Waals surface area contributed by atoms with Gasteiger partial charge in [0.05, 0.1) is 13.2 Å². The normalized spacial score (nSPS) is 29.6. The first kappa shape index (κ1) is 14.2. The maximum absolute atomic E-state index is 12.2. The van der Waals surface area contributed by atoms with E-state index in [1.54, 1.807) is 6.92 Å². The number of methoxy groups -OCH3 is 1. The number of amides is 2. The molecular weight excluding hydrogens is 340 g/mol. The summed E-state index contributed by atoms with van der Waals surface area (Å²) in [6, 6.07) is 2.92. The largest absolute Gasteiger partial charge is 0.469 e. The van der Waals surface area contributed by atoms with Crippen LogP contribution in [0.3, 0.4) is 0 Å². The zero-order valence-corrected chi connectivity index (χ0v) is 13.4. The van der Waals surface area contributed by atoms with Crippen LogP contribution in [-0.2, 0) is 9.53 Å². The molecule has 1 aromatic carbocycles. The van der Waals surface area contributed by atoms with Crippen LogP contribution >= 0.6 is 15.9 Å². The van der Waals surface area contributed by atoms with Gasteiger partial charge in [0.25, 0.3) is 0 Å². The number of ether oxygens (including phenoxy) is 2. The number of carbonyl (C=O) groups excluding carboxylic acids is 2. The summed E-state index contributed by atoms with van der Waals surface area (Å²) in [4.78, 5) is 24.0. The van der Waals surface area contributed by atoms with Gasteiger partial charge in [-0.2, -0.15) is 0 Å². The van der Waals surface area contributed by atoms with Gasteiger partial charge in [-0.1, -0.05) is 15.9 Å². The molecule has 0 aromatic heterocycles. The molecule has 3 atom stereocenters. The van der Waals surface area contributed by atoms with E-state index >= 15 is 0 Å². The van der Waals surface area contributed by atoms with Crippen LogP contribution in [0.4, 0.5) is 4.79 Å². The Hall–Kier alpha value is -1.76. The maximum atomic E-state index is 12.2. The molecule has 2 bridgehead atoms. The highest BCUT2D eigenvalue weighted by Gasteiger charge is 2.56. The van der Waals surface area contributed by atoms with E-state index in [2.05, 4.69) is 26.6 Å². The lowest BCUT2D eigenvalue weighted by Crippen LogP contribution is -2.70. The maximum Gasteiger partial charge on any atom is 0.318 e. The molecule has 2 aliphatic rings. The van der Waals surface area contributed by atoms with E-state index in [0.717, 1.165) is 15.6 Å². The molecule has 2 amide bonds. The van der Waals surface area contributed by atoms with Gasteiger partial charge >= 0.3 is 12.0 Å². The first-order chi connectivity index (χ1) is 9.85. The topological polar surface area (TPSA) is 76.7 Å². The fourth-order valence-electron chi connectivity index (χ4n) is 3.05. The van der Waals surface area contributed by atoms with E-state index in [9.17, 15) is 9.59 Å². The molecule has 0 saturated carbocycles. The summed E-state index contributed by atoms with van der Waals surface area (Å²) < 4.78 is 11.7. The summed E-state index contributed by atoms with van der Waals surface area (Å²) in [6.45, 7) is 3.60. The van der Waals surface area contributed by atoms with E-state index in [1.165, 1.54) is 7.11 Å². The van der Waals surface area contributed by atoms with Crippen molar-refractivity contribution in [1.29, 1.82) is 0 Å². The average molecular weight is 355 g/mol. The first-order valence-electron chi connectivity index (χ1n) is 6.51. The van der Waals surface area contributed by atoms with Gasteiger partial charge < -0.3 is 14.8 Å². The Labute approximate surface area is 130 Å². The number of aryl methyl sites for hydroxylation is 1. The van der Waals surface area contributed by atoms with Gasteiger partial charge in [0.2, 0.25) is 0 Å². The van der Waals surface area contributed by atoms with Crippen LogP contribution in [0.25, 0.3) is 0 Å². The number of nitrogens with one attached hydrogen (secondary N) is 2. The fraction of sp³-hybridized carbons (Fsp3) is 0.429. The highest BCUT2D eigenvalue weighted by molar-refractivity contribution is 9.10. The summed E-state index contributed by atoms with van der Waals surface area (Å²) in [5.41, 5.74) is 0.563. The van der Waals surface area contributed by atoms with E-state index in [0.29, 0.717) is 5.75 Å². The SMILES string of the molecule is COC(=O)C1C2NC(=O)NC1(C)Oc1c(C)cc(Br)cc12. The summed E-state index contributed by atoms with van der Waals surface area (Å²) in [6.07, 6.45) is 0. The Balaban J connectivity index is 2.20. The van der Waals surface area contributed by atoms with Crippen molar-refractivity contribution in [3.8, 4) is 5.75 Å². The van der Waals surface area contributed by atoms with Crippen LogP contribution in [-0.4, -0.2) is 24.8 Å². The van der Waals surface area contributed by atoms with Crippen molar-refractivity contribution in [1.82, 2.24) is 10.6 Å². The third-order valence-corrected chi connectivity index (χ3v) is 4.41. The average Bonchev–Trinajstić information content (AvgIpc) is 2.38. The van der Waals surface area contributed by atoms with Crippen LogP contribution < -0.4 is 15.4 Å². The number of rotatable bonds is 1. The monoisotopic (exact) mass is 354 g/mol. The molecule has 2 N–H and O–H groups in total. The predicted molar refractivity (Wildman–Crippen MR) is 77.8 cm³/mol. The number of carbonyl (C=O) groups is 2. The van der Waals surface area contributed by atoms with Crippen molar-refractivity contribution in [2.24, 2.45) is 5.92 Å². The lowest BCUT2D eigenvalue weighted by atomic mass is 9.80. The zero-order chi connectivity index (χ0) is 15.4. The number of hydrogen-bond donors (Lipinski definition) is 2. The molecule has 21 heavy (non-hydrogen) atoms. The highest BCUT2D eigenvalue weighted by Crippen LogP contribution is 2.47. The number of halogens is 1. The highest BCUT2D eigenvalue weighted by atomic mass is 79.9. The zero-order valence-electron chi connectivity index (χ0n) is 11.8. The van der Waals surface area contributed by atoms with Crippen molar-refractivity contribution in [2.75, 3.05) is 7.11 Å². The Morgan fingerprint density at radius 2 is 2.19 bits per heavy atom. The van der Waals surface area contributed by atoms with Gasteiger partial charge in [0.15, 0.2) is 5.72 Å². The Morgan fingerprint density at radius 1 is 1.48 bits per heavy atom. The van der Waals surface area contributed by atoms with Crippen molar-refractivity contribution in [2.45, 2.75) is 25.6 Å². The number of urea groups is 1. The molecule has 1 aromatic rings. The van der Waals surface area contributed by atoms with Crippen LogP contribution in [0.15, 0.2) is 16.6 Å². The number of esters is 1. The number of benzene rings is 1. The molecule has 6 nitrogen and oxygen atoms in total. The second-order valence-electron chi connectivity index (χ2n) is 5.43. The molecule has 3 rings (SSSR count). The van der Waals surface area contributed by atoms with Gasteiger partial charge in [-0.15, -0.1) is 0 Å². The van der Waals surface area contributed by atoms with E-state index in [-0.39, 0.29) is 6.03 Å². The summed E-state index contributed by atoms with van der Waals surface area (Å²) in [5.74, 6) is -0.418. The lowest BCUT2D eigenvalue weighted by Gasteiger charge is -2.49. The predicted octanol–water partition coefficient (Wildman–Crippen LogP) is 2.01.